The Morgan fingerprint density at radius 2 is 1.96 bits per heavy atom. The molecule has 0 aliphatic heterocycles. The molecule has 0 aromatic carbocycles. The van der Waals surface area contributed by atoms with Gasteiger partial charge in [-0.3, -0.25) is 9.48 Å². The number of aryl methyl sites for hydroxylation is 2. The van der Waals surface area contributed by atoms with Crippen molar-refractivity contribution in [2.75, 3.05) is 13.7 Å². The van der Waals surface area contributed by atoms with Crippen molar-refractivity contribution in [2.24, 2.45) is 7.05 Å². The zero-order valence-electron chi connectivity index (χ0n) is 13.3. The fourth-order valence-electron chi connectivity index (χ4n) is 2.25. The molecule has 0 unspecified atom stereocenters. The van der Waals surface area contributed by atoms with E-state index in [-0.39, 0.29) is 11.3 Å². The summed E-state index contributed by atoms with van der Waals surface area (Å²) in [7, 11) is 2.94. The highest BCUT2D eigenvalue weighted by Gasteiger charge is 2.23. The van der Waals surface area contributed by atoms with Gasteiger partial charge in [-0.15, -0.1) is 0 Å². The summed E-state index contributed by atoms with van der Waals surface area (Å²) in [6, 6.07) is 0. The van der Waals surface area contributed by atoms with E-state index >= 15 is 0 Å². The molecular formula is C15H17N3O5. The van der Waals surface area contributed by atoms with Crippen molar-refractivity contribution in [3.05, 3.63) is 40.5 Å². The van der Waals surface area contributed by atoms with Crippen molar-refractivity contribution >= 4 is 17.7 Å². The van der Waals surface area contributed by atoms with Crippen LogP contribution >= 0.6 is 0 Å². The molecule has 0 saturated heterocycles. The van der Waals surface area contributed by atoms with E-state index in [1.807, 2.05) is 0 Å². The van der Waals surface area contributed by atoms with Crippen molar-refractivity contribution in [3.8, 4) is 0 Å². The van der Waals surface area contributed by atoms with Crippen molar-refractivity contribution < 1.29 is 23.9 Å². The zero-order chi connectivity index (χ0) is 17.1. The van der Waals surface area contributed by atoms with E-state index in [0.29, 0.717) is 16.8 Å². The molecule has 8 heteroatoms. The summed E-state index contributed by atoms with van der Waals surface area (Å²) < 4.78 is 11.1. The summed E-state index contributed by atoms with van der Waals surface area (Å²) in [5, 5.41) is 3.85. The van der Waals surface area contributed by atoms with Crippen molar-refractivity contribution in [1.29, 1.82) is 0 Å². The fraction of sp³-hybridized carbons (Fsp3) is 0.333. The molecule has 1 N–H and O–H groups in total. The third-order valence-electron chi connectivity index (χ3n) is 3.38. The summed E-state index contributed by atoms with van der Waals surface area (Å²) >= 11 is 0. The fourth-order valence-corrected chi connectivity index (χ4v) is 2.25. The van der Waals surface area contributed by atoms with Gasteiger partial charge in [0.1, 0.15) is 0 Å². The van der Waals surface area contributed by atoms with Crippen LogP contribution in [0, 0.1) is 13.8 Å². The van der Waals surface area contributed by atoms with Crippen LogP contribution in [0.5, 0.6) is 0 Å². The number of ether oxygens (including phenoxy) is 2. The molecule has 8 nitrogen and oxygen atoms in total. The third-order valence-corrected chi connectivity index (χ3v) is 3.38. The molecule has 23 heavy (non-hydrogen) atoms. The minimum atomic E-state index is -0.638. The van der Waals surface area contributed by atoms with Crippen LogP contribution in [0.4, 0.5) is 0 Å². The van der Waals surface area contributed by atoms with Crippen LogP contribution in [0.3, 0.4) is 0 Å². The number of ketones is 1. The number of carbonyl (C=O) groups excluding carboxylic acids is 3. The summed E-state index contributed by atoms with van der Waals surface area (Å²) in [5.74, 6) is -1.60. The molecular weight excluding hydrogens is 302 g/mol. The molecule has 0 spiro atoms. The lowest BCUT2D eigenvalue weighted by atomic mass is 10.1. The van der Waals surface area contributed by atoms with E-state index in [2.05, 4.69) is 14.8 Å². The Bertz CT molecular complexity index is 772. The normalized spacial score (nSPS) is 10.4. The van der Waals surface area contributed by atoms with Crippen molar-refractivity contribution in [3.63, 3.8) is 0 Å². The minimum absolute atomic E-state index is 0.224. The molecule has 2 aromatic heterocycles. The standard InChI is InChI=1S/C15H17N3O5/c1-8-12(15(21)22-4)9(2)17-13(8)11(19)7-23-14(20)10-5-16-18(3)6-10/h5-6,17H,7H2,1-4H3. The van der Waals surface area contributed by atoms with E-state index in [1.54, 1.807) is 20.9 Å². The number of methoxy groups -OCH3 is 1. The van der Waals surface area contributed by atoms with E-state index in [0.717, 1.165) is 0 Å². The Kier molecular flexibility index (Phi) is 4.63. The number of Topliss-reactive ketones (excluding diaryl/α,β-unsaturated/α-hetero) is 1. The second kappa shape index (κ2) is 6.47. The summed E-state index contributed by atoms with van der Waals surface area (Å²) in [6.45, 7) is 2.86. The van der Waals surface area contributed by atoms with Gasteiger partial charge in [0.25, 0.3) is 0 Å². The van der Waals surface area contributed by atoms with Gasteiger partial charge in [0.05, 0.1) is 30.1 Å². The van der Waals surface area contributed by atoms with E-state index in [9.17, 15) is 14.4 Å². The van der Waals surface area contributed by atoms with Crippen LogP contribution < -0.4 is 0 Å². The zero-order valence-corrected chi connectivity index (χ0v) is 13.3. The average Bonchev–Trinajstić information content (AvgIpc) is 3.07. The van der Waals surface area contributed by atoms with Gasteiger partial charge in [0.2, 0.25) is 5.78 Å². The van der Waals surface area contributed by atoms with Gasteiger partial charge in [-0.1, -0.05) is 0 Å². The molecule has 0 amide bonds. The largest absolute Gasteiger partial charge is 0.465 e. The Hall–Kier alpha value is -2.90. The summed E-state index contributed by atoms with van der Waals surface area (Å²) in [6.07, 6.45) is 2.85. The van der Waals surface area contributed by atoms with Crippen molar-refractivity contribution in [1.82, 2.24) is 14.8 Å². The molecule has 2 aromatic rings. The monoisotopic (exact) mass is 319 g/mol. The number of hydrogen-bond donors (Lipinski definition) is 1. The highest BCUT2D eigenvalue weighted by molar-refractivity contribution is 6.03. The van der Waals surface area contributed by atoms with Gasteiger partial charge in [0, 0.05) is 18.9 Å². The summed E-state index contributed by atoms with van der Waals surface area (Å²) in [5.41, 5.74) is 1.79. The second-order valence-electron chi connectivity index (χ2n) is 5.02. The minimum Gasteiger partial charge on any atom is -0.465 e. The predicted octanol–water partition coefficient (Wildman–Crippen LogP) is 1.19. The summed E-state index contributed by atoms with van der Waals surface area (Å²) in [4.78, 5) is 38.5. The van der Waals surface area contributed by atoms with Crippen molar-refractivity contribution in [2.45, 2.75) is 13.8 Å². The number of carbonyl (C=O) groups is 3. The first kappa shape index (κ1) is 16.5. The number of esters is 2. The lowest BCUT2D eigenvalue weighted by Crippen LogP contribution is -2.15. The van der Waals surface area contributed by atoms with E-state index in [1.165, 1.54) is 24.2 Å². The number of nitrogens with one attached hydrogen (secondary N) is 1. The van der Waals surface area contributed by atoms with Crippen LogP contribution in [0.1, 0.15) is 42.5 Å². The molecule has 2 rings (SSSR count). The average molecular weight is 319 g/mol. The first-order valence-corrected chi connectivity index (χ1v) is 6.81. The Morgan fingerprint density at radius 3 is 2.52 bits per heavy atom. The lowest BCUT2D eigenvalue weighted by molar-refractivity contribution is 0.0473. The van der Waals surface area contributed by atoms with Gasteiger partial charge in [-0.05, 0) is 19.4 Å². The molecule has 0 atom stereocenters. The molecule has 0 saturated carbocycles. The predicted molar refractivity (Wildman–Crippen MR) is 79.4 cm³/mol. The number of H-pyrrole nitrogens is 1. The molecule has 0 radical (unpaired) electrons. The van der Waals surface area contributed by atoms with Gasteiger partial charge in [-0.25, -0.2) is 9.59 Å². The van der Waals surface area contributed by atoms with Crippen LogP contribution in [0.25, 0.3) is 0 Å². The lowest BCUT2D eigenvalue weighted by Gasteiger charge is -2.03. The topological polar surface area (TPSA) is 103 Å². The first-order valence-electron chi connectivity index (χ1n) is 6.81. The van der Waals surface area contributed by atoms with Gasteiger partial charge < -0.3 is 14.5 Å². The first-order chi connectivity index (χ1) is 10.8. The van der Waals surface area contributed by atoms with Gasteiger partial charge in [0.15, 0.2) is 6.61 Å². The van der Waals surface area contributed by atoms with E-state index < -0.39 is 24.3 Å². The Morgan fingerprint density at radius 1 is 1.26 bits per heavy atom. The SMILES string of the molecule is COC(=O)c1c(C)[nH]c(C(=O)COC(=O)c2cnn(C)c2)c1C. The molecule has 0 aliphatic rings. The quantitative estimate of drug-likeness (QED) is 0.656. The maximum absolute atomic E-state index is 12.2. The molecule has 122 valence electrons. The van der Waals surface area contributed by atoms with Gasteiger partial charge >= 0.3 is 11.9 Å². The van der Waals surface area contributed by atoms with Crippen LogP contribution in [-0.2, 0) is 16.5 Å². The van der Waals surface area contributed by atoms with E-state index in [4.69, 9.17) is 4.74 Å². The number of nitrogens with zero attached hydrogens (tertiary/aromatic N) is 2. The molecule has 2 heterocycles. The number of hydrogen-bond acceptors (Lipinski definition) is 6. The third kappa shape index (κ3) is 3.31. The van der Waals surface area contributed by atoms with Crippen LogP contribution in [0.15, 0.2) is 12.4 Å². The smallest absolute Gasteiger partial charge is 0.341 e. The highest BCUT2D eigenvalue weighted by Crippen LogP contribution is 2.19. The second-order valence-corrected chi connectivity index (χ2v) is 5.02. The molecule has 0 aliphatic carbocycles. The van der Waals surface area contributed by atoms with Crippen LogP contribution in [-0.4, -0.2) is 46.2 Å². The molecule has 0 fully saturated rings. The van der Waals surface area contributed by atoms with Gasteiger partial charge in [-0.2, -0.15) is 5.10 Å². The maximum Gasteiger partial charge on any atom is 0.341 e. The Labute approximate surface area is 132 Å². The molecule has 0 bridgehead atoms. The maximum atomic E-state index is 12.2. The van der Waals surface area contributed by atoms with Crippen LogP contribution in [0.2, 0.25) is 0 Å². The number of rotatable bonds is 5. The number of aromatic amines is 1. The highest BCUT2D eigenvalue weighted by atomic mass is 16.5. The number of aromatic nitrogens is 3. The Balaban J connectivity index is 2.10.